The molecule has 0 bridgehead atoms. The first kappa shape index (κ1) is 15.2. The summed E-state index contributed by atoms with van der Waals surface area (Å²) in [5.74, 6) is 3.43. The van der Waals surface area contributed by atoms with Crippen LogP contribution in [0.3, 0.4) is 0 Å². The van der Waals surface area contributed by atoms with E-state index in [1.165, 1.54) is 11.1 Å². The number of dihydropyridines is 1. The first-order chi connectivity index (χ1) is 11.1. The number of terminal acetylenes is 1. The Bertz CT molecular complexity index is 932. The maximum Gasteiger partial charge on any atom is 0.101 e. The van der Waals surface area contributed by atoms with Gasteiger partial charge in [-0.15, -0.1) is 23.7 Å². The number of nitrogens with two attached hydrogens (primary N) is 1. The Labute approximate surface area is 140 Å². The van der Waals surface area contributed by atoms with Crippen LogP contribution in [0.5, 0.6) is 0 Å². The van der Waals surface area contributed by atoms with Gasteiger partial charge in [-0.3, -0.25) is 0 Å². The molecule has 3 nitrogen and oxygen atoms in total. The van der Waals surface area contributed by atoms with Crippen molar-refractivity contribution in [2.24, 2.45) is 5.73 Å². The summed E-state index contributed by atoms with van der Waals surface area (Å²) in [5.41, 5.74) is 11.4. The van der Waals surface area contributed by atoms with E-state index in [0.29, 0.717) is 17.8 Å². The summed E-state index contributed by atoms with van der Waals surface area (Å²) in [5, 5.41) is 15.8. The molecule has 1 unspecified atom stereocenters. The zero-order valence-corrected chi connectivity index (χ0v) is 13.9. The molecular weight excluding hydrogens is 302 g/mol. The van der Waals surface area contributed by atoms with Crippen molar-refractivity contribution in [2.45, 2.75) is 26.2 Å². The maximum absolute atomic E-state index is 9.31. The van der Waals surface area contributed by atoms with Crippen molar-refractivity contribution >= 4 is 21.4 Å². The number of nitrogens with one attached hydrogen (secondary N) is 1. The average molecular weight is 319 g/mol. The molecule has 0 saturated carbocycles. The quantitative estimate of drug-likeness (QED) is 0.824. The van der Waals surface area contributed by atoms with Crippen molar-refractivity contribution in [1.82, 2.24) is 5.32 Å². The van der Waals surface area contributed by atoms with Crippen molar-refractivity contribution in [2.75, 3.05) is 0 Å². The van der Waals surface area contributed by atoms with Gasteiger partial charge in [-0.1, -0.05) is 12.1 Å². The van der Waals surface area contributed by atoms with Crippen LogP contribution in [-0.2, 0) is 0 Å². The van der Waals surface area contributed by atoms with Gasteiger partial charge >= 0.3 is 0 Å². The van der Waals surface area contributed by atoms with E-state index in [2.05, 4.69) is 35.7 Å². The van der Waals surface area contributed by atoms with E-state index in [1.54, 1.807) is 11.3 Å². The smallest absolute Gasteiger partial charge is 0.101 e. The van der Waals surface area contributed by atoms with Crippen LogP contribution in [0.1, 0.15) is 37.3 Å². The molecule has 0 saturated heterocycles. The summed E-state index contributed by atoms with van der Waals surface area (Å²) in [6.45, 7) is 4.13. The Morgan fingerprint density at radius 3 is 2.87 bits per heavy atom. The highest BCUT2D eigenvalue weighted by Crippen LogP contribution is 2.43. The van der Waals surface area contributed by atoms with Crippen molar-refractivity contribution < 1.29 is 0 Å². The van der Waals surface area contributed by atoms with E-state index >= 15 is 0 Å². The minimum Gasteiger partial charge on any atom is -0.385 e. The molecule has 1 aliphatic heterocycles. The number of hydrogen-bond acceptors (Lipinski definition) is 4. The summed E-state index contributed by atoms with van der Waals surface area (Å²) in [4.78, 5) is 0. The van der Waals surface area contributed by atoms with Gasteiger partial charge in [0.1, 0.15) is 11.9 Å². The molecule has 1 aromatic carbocycles. The predicted molar refractivity (Wildman–Crippen MR) is 95.5 cm³/mol. The lowest BCUT2D eigenvalue weighted by Gasteiger charge is -2.29. The third-order valence-corrected chi connectivity index (χ3v) is 5.44. The first-order valence-corrected chi connectivity index (χ1v) is 8.23. The third kappa shape index (κ3) is 2.38. The third-order valence-electron chi connectivity index (χ3n) is 4.39. The van der Waals surface area contributed by atoms with Gasteiger partial charge in [-0.25, -0.2) is 0 Å². The molecule has 0 amide bonds. The Morgan fingerprint density at radius 2 is 2.17 bits per heavy atom. The Kier molecular flexibility index (Phi) is 3.86. The van der Waals surface area contributed by atoms with Crippen LogP contribution in [-0.4, -0.2) is 0 Å². The molecule has 3 N–H and O–H groups in total. The Balaban J connectivity index is 2.25. The number of fused-ring (bicyclic) bond motifs is 1. The van der Waals surface area contributed by atoms with Gasteiger partial charge in [0.15, 0.2) is 0 Å². The van der Waals surface area contributed by atoms with Crippen LogP contribution >= 0.6 is 11.3 Å². The van der Waals surface area contributed by atoms with Crippen molar-refractivity contribution in [3.05, 3.63) is 57.4 Å². The second-order valence-corrected chi connectivity index (χ2v) is 6.55. The van der Waals surface area contributed by atoms with Gasteiger partial charge < -0.3 is 11.1 Å². The van der Waals surface area contributed by atoms with E-state index in [9.17, 15) is 5.26 Å². The summed E-state index contributed by atoms with van der Waals surface area (Å²) in [6, 6.07) is 8.12. The first-order valence-electron chi connectivity index (χ1n) is 7.35. The van der Waals surface area contributed by atoms with Crippen molar-refractivity contribution in [3.63, 3.8) is 0 Å². The SMILES string of the molecule is C#CCC1=C(N)NC(C)=C(C)C1c1csc2c(C#N)cccc12. The molecular formula is C19H17N3S. The lowest BCUT2D eigenvalue weighted by molar-refractivity contribution is 0.754. The van der Waals surface area contributed by atoms with E-state index in [-0.39, 0.29) is 5.92 Å². The molecule has 1 aliphatic rings. The predicted octanol–water partition coefficient (Wildman–Crippen LogP) is 3.95. The second kappa shape index (κ2) is 5.83. The highest BCUT2D eigenvalue weighted by molar-refractivity contribution is 7.17. The van der Waals surface area contributed by atoms with Gasteiger partial charge in [0, 0.05) is 18.0 Å². The van der Waals surface area contributed by atoms with Crippen molar-refractivity contribution in [1.29, 1.82) is 5.26 Å². The van der Waals surface area contributed by atoms with Crippen LogP contribution in [0.15, 0.2) is 46.2 Å². The van der Waals surface area contributed by atoms with Crippen LogP contribution in [0, 0.1) is 23.7 Å². The molecule has 3 rings (SSSR count). The minimum absolute atomic E-state index is 0.0648. The molecule has 0 fully saturated rings. The number of allylic oxidation sites excluding steroid dienone is 3. The number of benzene rings is 1. The van der Waals surface area contributed by atoms with Crippen LogP contribution in [0.25, 0.3) is 10.1 Å². The average Bonchev–Trinajstić information content (AvgIpc) is 2.97. The van der Waals surface area contributed by atoms with Crippen LogP contribution in [0.4, 0.5) is 0 Å². The highest BCUT2D eigenvalue weighted by Gasteiger charge is 2.28. The molecule has 4 heteroatoms. The number of nitrogens with zero attached hydrogens (tertiary/aromatic N) is 1. The van der Waals surface area contributed by atoms with Crippen molar-refractivity contribution in [3.8, 4) is 18.4 Å². The monoisotopic (exact) mass is 319 g/mol. The largest absolute Gasteiger partial charge is 0.385 e. The number of rotatable bonds is 2. The zero-order valence-electron chi connectivity index (χ0n) is 13.1. The fourth-order valence-electron chi connectivity index (χ4n) is 3.13. The zero-order chi connectivity index (χ0) is 16.6. The fourth-order valence-corrected chi connectivity index (χ4v) is 4.19. The molecule has 23 heavy (non-hydrogen) atoms. The highest BCUT2D eigenvalue weighted by atomic mass is 32.1. The molecule has 1 aromatic heterocycles. The Morgan fingerprint density at radius 1 is 1.39 bits per heavy atom. The van der Waals surface area contributed by atoms with E-state index in [0.717, 1.165) is 21.4 Å². The fraction of sp³-hybridized carbons (Fsp3) is 0.211. The standard InChI is InChI=1S/C19H17N3S/c1-4-6-15-17(11(2)12(3)22-19(15)21)16-10-23-18-13(9-20)7-5-8-14(16)18/h1,5,7-8,10,17,22H,6,21H2,2-3H3. The maximum atomic E-state index is 9.31. The van der Waals surface area contributed by atoms with E-state index in [4.69, 9.17) is 12.2 Å². The molecule has 0 aliphatic carbocycles. The normalized spacial score (nSPS) is 17.8. The minimum atomic E-state index is 0.0648. The van der Waals surface area contributed by atoms with E-state index in [1.807, 2.05) is 19.1 Å². The van der Waals surface area contributed by atoms with Crippen LogP contribution in [0.2, 0.25) is 0 Å². The van der Waals surface area contributed by atoms with Crippen LogP contribution < -0.4 is 11.1 Å². The van der Waals surface area contributed by atoms with Gasteiger partial charge in [0.25, 0.3) is 0 Å². The summed E-state index contributed by atoms with van der Waals surface area (Å²) in [7, 11) is 0. The molecule has 1 atom stereocenters. The molecule has 0 spiro atoms. The second-order valence-electron chi connectivity index (χ2n) is 5.67. The van der Waals surface area contributed by atoms with Gasteiger partial charge in [-0.05, 0) is 47.4 Å². The Hall–Kier alpha value is -2.69. The molecule has 0 radical (unpaired) electrons. The van der Waals surface area contributed by atoms with Gasteiger partial charge in [-0.2, -0.15) is 5.26 Å². The summed E-state index contributed by atoms with van der Waals surface area (Å²) < 4.78 is 1.02. The molecule has 2 aromatic rings. The number of nitriles is 1. The number of hydrogen-bond donors (Lipinski definition) is 2. The molecule has 114 valence electrons. The number of thiophene rings is 1. The lowest BCUT2D eigenvalue weighted by Crippen LogP contribution is -2.29. The summed E-state index contributed by atoms with van der Waals surface area (Å²) in [6.07, 6.45) is 6.05. The lowest BCUT2D eigenvalue weighted by atomic mass is 9.81. The summed E-state index contributed by atoms with van der Waals surface area (Å²) >= 11 is 1.60. The van der Waals surface area contributed by atoms with E-state index < -0.39 is 0 Å². The van der Waals surface area contributed by atoms with Gasteiger partial charge in [0.05, 0.1) is 10.3 Å². The van der Waals surface area contributed by atoms with Gasteiger partial charge in [0.2, 0.25) is 0 Å². The molecule has 2 heterocycles. The topological polar surface area (TPSA) is 61.8 Å².